The van der Waals surface area contributed by atoms with Gasteiger partial charge in [-0.2, -0.15) is 0 Å². The summed E-state index contributed by atoms with van der Waals surface area (Å²) in [5, 5.41) is 22.3. The molecule has 3 nitrogen and oxygen atoms in total. The highest BCUT2D eigenvalue weighted by Crippen LogP contribution is 2.28. The lowest BCUT2D eigenvalue weighted by atomic mass is 9.99. The second-order valence-corrected chi connectivity index (χ2v) is 5.03. The molecular weight excluding hydrogens is 214 g/mol. The lowest BCUT2D eigenvalue weighted by Gasteiger charge is -2.20. The average molecular weight is 235 g/mol. The highest BCUT2D eigenvalue weighted by molar-refractivity contribution is 5.38. The minimum absolute atomic E-state index is 0.107. The van der Waals surface area contributed by atoms with Crippen LogP contribution in [-0.2, 0) is 6.54 Å². The van der Waals surface area contributed by atoms with Crippen LogP contribution in [0.5, 0.6) is 11.5 Å². The Morgan fingerprint density at radius 1 is 1.29 bits per heavy atom. The smallest absolute Gasteiger partial charge is 0.123 e. The predicted molar refractivity (Wildman–Crippen MR) is 68.0 cm³/mol. The summed E-state index contributed by atoms with van der Waals surface area (Å²) >= 11 is 0. The standard InChI is InChI=1S/C14H21NO2/c1-10(11-4-2-3-5-11)15-9-12-6-7-13(16)8-14(12)17/h6-8,10-11,15-17H,2-5,9H2,1H3/t10-/m0/s1. The number of phenolic OH excluding ortho intramolecular Hbond substituents is 2. The molecule has 2 rings (SSSR count). The third-order valence-corrected chi connectivity index (χ3v) is 3.79. The molecule has 0 saturated heterocycles. The van der Waals surface area contributed by atoms with E-state index in [0.29, 0.717) is 12.6 Å². The van der Waals surface area contributed by atoms with Gasteiger partial charge in [0, 0.05) is 24.2 Å². The van der Waals surface area contributed by atoms with Crippen LogP contribution in [0.4, 0.5) is 0 Å². The van der Waals surface area contributed by atoms with Crippen LogP contribution in [0.1, 0.15) is 38.2 Å². The molecule has 3 heteroatoms. The van der Waals surface area contributed by atoms with E-state index in [9.17, 15) is 10.2 Å². The second kappa shape index (κ2) is 5.41. The van der Waals surface area contributed by atoms with Crippen molar-refractivity contribution in [3.8, 4) is 11.5 Å². The summed E-state index contributed by atoms with van der Waals surface area (Å²) in [5.74, 6) is 1.04. The first-order valence-corrected chi connectivity index (χ1v) is 6.41. The minimum atomic E-state index is 0.107. The van der Waals surface area contributed by atoms with Crippen molar-refractivity contribution < 1.29 is 10.2 Å². The first kappa shape index (κ1) is 12.2. The summed E-state index contributed by atoms with van der Waals surface area (Å²) in [6.45, 7) is 2.87. The van der Waals surface area contributed by atoms with Gasteiger partial charge in [0.1, 0.15) is 11.5 Å². The molecule has 1 atom stereocenters. The average Bonchev–Trinajstić information content (AvgIpc) is 2.81. The molecule has 94 valence electrons. The van der Waals surface area contributed by atoms with Gasteiger partial charge in [0.05, 0.1) is 0 Å². The maximum atomic E-state index is 9.67. The number of aromatic hydroxyl groups is 2. The summed E-state index contributed by atoms with van der Waals surface area (Å²) < 4.78 is 0. The third kappa shape index (κ3) is 3.13. The molecule has 1 aromatic carbocycles. The van der Waals surface area contributed by atoms with E-state index in [0.717, 1.165) is 11.5 Å². The van der Waals surface area contributed by atoms with Crippen molar-refractivity contribution >= 4 is 0 Å². The van der Waals surface area contributed by atoms with Crippen molar-refractivity contribution in [1.82, 2.24) is 5.32 Å². The Morgan fingerprint density at radius 3 is 2.65 bits per heavy atom. The largest absolute Gasteiger partial charge is 0.508 e. The van der Waals surface area contributed by atoms with Gasteiger partial charge in [-0.1, -0.05) is 18.9 Å². The van der Waals surface area contributed by atoms with Gasteiger partial charge >= 0.3 is 0 Å². The van der Waals surface area contributed by atoms with Crippen molar-refractivity contribution in [2.24, 2.45) is 5.92 Å². The highest BCUT2D eigenvalue weighted by Gasteiger charge is 2.21. The van der Waals surface area contributed by atoms with Gasteiger partial charge in [0.2, 0.25) is 0 Å². The Hall–Kier alpha value is -1.22. The van der Waals surface area contributed by atoms with Gasteiger partial charge in [0.15, 0.2) is 0 Å². The fourth-order valence-electron chi connectivity index (χ4n) is 2.60. The zero-order valence-electron chi connectivity index (χ0n) is 10.3. The monoisotopic (exact) mass is 235 g/mol. The van der Waals surface area contributed by atoms with E-state index in [-0.39, 0.29) is 11.5 Å². The molecule has 0 aromatic heterocycles. The van der Waals surface area contributed by atoms with Gasteiger partial charge in [-0.3, -0.25) is 0 Å². The van der Waals surface area contributed by atoms with Crippen molar-refractivity contribution in [3.63, 3.8) is 0 Å². The lowest BCUT2D eigenvalue weighted by molar-refractivity contribution is 0.375. The van der Waals surface area contributed by atoms with Crippen LogP contribution in [0.15, 0.2) is 18.2 Å². The Labute approximate surface area is 102 Å². The number of benzene rings is 1. The molecule has 0 amide bonds. The van der Waals surface area contributed by atoms with Crippen LogP contribution in [0.25, 0.3) is 0 Å². The number of rotatable bonds is 4. The quantitative estimate of drug-likeness (QED) is 0.752. The molecule has 1 saturated carbocycles. The van der Waals surface area contributed by atoms with E-state index in [2.05, 4.69) is 12.2 Å². The van der Waals surface area contributed by atoms with Crippen molar-refractivity contribution in [2.75, 3.05) is 0 Å². The molecule has 1 fully saturated rings. The highest BCUT2D eigenvalue weighted by atomic mass is 16.3. The molecule has 3 N–H and O–H groups in total. The van der Waals surface area contributed by atoms with Gasteiger partial charge in [0.25, 0.3) is 0 Å². The third-order valence-electron chi connectivity index (χ3n) is 3.79. The topological polar surface area (TPSA) is 52.5 Å². The summed E-state index contributed by atoms with van der Waals surface area (Å²) in [6, 6.07) is 5.25. The second-order valence-electron chi connectivity index (χ2n) is 5.03. The van der Waals surface area contributed by atoms with E-state index < -0.39 is 0 Å². The molecule has 17 heavy (non-hydrogen) atoms. The molecule has 0 aliphatic heterocycles. The summed E-state index contributed by atoms with van der Waals surface area (Å²) in [7, 11) is 0. The molecule has 1 aromatic rings. The maximum absolute atomic E-state index is 9.67. The summed E-state index contributed by atoms with van der Waals surface area (Å²) in [6.07, 6.45) is 5.33. The predicted octanol–water partition coefficient (Wildman–Crippen LogP) is 2.77. The van der Waals surface area contributed by atoms with Crippen molar-refractivity contribution in [2.45, 2.75) is 45.2 Å². The first-order valence-electron chi connectivity index (χ1n) is 6.41. The Kier molecular flexibility index (Phi) is 3.89. The van der Waals surface area contributed by atoms with Gasteiger partial charge in [-0.15, -0.1) is 0 Å². The summed E-state index contributed by atoms with van der Waals surface area (Å²) in [5.41, 5.74) is 0.840. The van der Waals surface area contributed by atoms with Crippen LogP contribution in [0.3, 0.4) is 0 Å². The zero-order chi connectivity index (χ0) is 12.3. The molecule has 1 aliphatic rings. The zero-order valence-corrected chi connectivity index (χ0v) is 10.3. The SMILES string of the molecule is C[C@H](NCc1ccc(O)cc1O)C1CCCC1. The normalized spacial score (nSPS) is 18.4. The van der Waals surface area contributed by atoms with E-state index in [1.807, 2.05) is 0 Å². The van der Waals surface area contributed by atoms with Crippen molar-refractivity contribution in [1.29, 1.82) is 0 Å². The Bertz CT molecular complexity index is 372. The molecular formula is C14H21NO2. The van der Waals surface area contributed by atoms with E-state index in [1.165, 1.54) is 31.7 Å². The molecule has 0 heterocycles. The molecule has 0 bridgehead atoms. The van der Waals surface area contributed by atoms with Gasteiger partial charge < -0.3 is 15.5 Å². The van der Waals surface area contributed by atoms with E-state index >= 15 is 0 Å². The fraction of sp³-hybridized carbons (Fsp3) is 0.571. The van der Waals surface area contributed by atoms with Gasteiger partial charge in [-0.25, -0.2) is 0 Å². The Balaban J connectivity index is 1.88. The van der Waals surface area contributed by atoms with Crippen LogP contribution in [0, 0.1) is 5.92 Å². The number of phenols is 2. The lowest BCUT2D eigenvalue weighted by Crippen LogP contribution is -2.31. The number of hydrogen-bond donors (Lipinski definition) is 3. The van der Waals surface area contributed by atoms with Crippen LogP contribution < -0.4 is 5.32 Å². The molecule has 0 spiro atoms. The fourth-order valence-corrected chi connectivity index (χ4v) is 2.60. The molecule has 1 aliphatic carbocycles. The van der Waals surface area contributed by atoms with E-state index in [4.69, 9.17) is 0 Å². The molecule has 0 unspecified atom stereocenters. The molecule has 0 radical (unpaired) electrons. The van der Waals surface area contributed by atoms with Crippen LogP contribution in [0.2, 0.25) is 0 Å². The van der Waals surface area contributed by atoms with Gasteiger partial charge in [-0.05, 0) is 31.7 Å². The summed E-state index contributed by atoms with van der Waals surface area (Å²) in [4.78, 5) is 0. The van der Waals surface area contributed by atoms with E-state index in [1.54, 1.807) is 12.1 Å². The van der Waals surface area contributed by atoms with Crippen LogP contribution >= 0.6 is 0 Å². The maximum Gasteiger partial charge on any atom is 0.123 e. The van der Waals surface area contributed by atoms with Crippen molar-refractivity contribution in [3.05, 3.63) is 23.8 Å². The number of hydrogen-bond acceptors (Lipinski definition) is 3. The Morgan fingerprint density at radius 2 is 2.00 bits per heavy atom. The first-order chi connectivity index (χ1) is 8.16. The minimum Gasteiger partial charge on any atom is -0.508 e. The number of nitrogens with one attached hydrogen (secondary N) is 1. The van der Waals surface area contributed by atoms with Crippen LogP contribution in [-0.4, -0.2) is 16.3 Å².